The summed E-state index contributed by atoms with van der Waals surface area (Å²) in [6, 6.07) is 10.00. The summed E-state index contributed by atoms with van der Waals surface area (Å²) in [7, 11) is 0. The first-order chi connectivity index (χ1) is 7.72. The molecule has 0 saturated carbocycles. The van der Waals surface area contributed by atoms with Gasteiger partial charge in [-0.1, -0.05) is 30.3 Å². The number of rotatable bonds is 6. The summed E-state index contributed by atoms with van der Waals surface area (Å²) in [5.41, 5.74) is 6.53. The van der Waals surface area contributed by atoms with E-state index in [-0.39, 0.29) is 11.9 Å². The largest absolute Gasteiger partial charge is 0.351 e. The Kier molecular flexibility index (Phi) is 5.53. The van der Waals surface area contributed by atoms with Crippen LogP contribution in [0.1, 0.15) is 12.5 Å². The normalized spacial score (nSPS) is 12.1. The monoisotopic (exact) mass is 221 g/mol. The van der Waals surface area contributed by atoms with Crippen molar-refractivity contribution in [2.24, 2.45) is 5.73 Å². The van der Waals surface area contributed by atoms with Gasteiger partial charge in [0.1, 0.15) is 0 Å². The van der Waals surface area contributed by atoms with Crippen molar-refractivity contribution in [3.05, 3.63) is 35.9 Å². The molecule has 1 amide bonds. The third-order valence-electron chi connectivity index (χ3n) is 2.30. The molecule has 1 unspecified atom stereocenters. The highest BCUT2D eigenvalue weighted by molar-refractivity contribution is 5.77. The van der Waals surface area contributed by atoms with Crippen LogP contribution in [-0.4, -0.2) is 25.0 Å². The highest BCUT2D eigenvalue weighted by Gasteiger charge is 2.03. The number of nitrogens with two attached hydrogens (primary N) is 1. The van der Waals surface area contributed by atoms with Crippen LogP contribution in [0.4, 0.5) is 0 Å². The molecule has 1 atom stereocenters. The molecule has 0 aromatic heterocycles. The van der Waals surface area contributed by atoms with Crippen molar-refractivity contribution in [1.82, 2.24) is 10.6 Å². The second-order valence-corrected chi connectivity index (χ2v) is 3.78. The molecule has 88 valence electrons. The van der Waals surface area contributed by atoms with Crippen LogP contribution in [0.25, 0.3) is 0 Å². The maximum Gasteiger partial charge on any atom is 0.234 e. The van der Waals surface area contributed by atoms with Gasteiger partial charge in [-0.25, -0.2) is 0 Å². The lowest BCUT2D eigenvalue weighted by Gasteiger charge is -2.11. The van der Waals surface area contributed by atoms with Crippen LogP contribution < -0.4 is 16.4 Å². The van der Waals surface area contributed by atoms with E-state index in [1.54, 1.807) is 0 Å². The fourth-order valence-corrected chi connectivity index (χ4v) is 1.21. The topological polar surface area (TPSA) is 67.1 Å². The van der Waals surface area contributed by atoms with E-state index in [1.807, 2.05) is 37.3 Å². The van der Waals surface area contributed by atoms with Crippen LogP contribution >= 0.6 is 0 Å². The summed E-state index contributed by atoms with van der Waals surface area (Å²) in [6.07, 6.45) is 0. The second-order valence-electron chi connectivity index (χ2n) is 3.78. The lowest BCUT2D eigenvalue weighted by Crippen LogP contribution is -2.40. The fraction of sp³-hybridized carbons (Fsp3) is 0.417. The Balaban J connectivity index is 2.20. The lowest BCUT2D eigenvalue weighted by molar-refractivity contribution is -0.120. The average Bonchev–Trinajstić information content (AvgIpc) is 2.34. The Morgan fingerprint density at radius 3 is 2.69 bits per heavy atom. The van der Waals surface area contributed by atoms with Gasteiger partial charge in [0.15, 0.2) is 0 Å². The van der Waals surface area contributed by atoms with E-state index >= 15 is 0 Å². The van der Waals surface area contributed by atoms with Crippen LogP contribution in [0.5, 0.6) is 0 Å². The van der Waals surface area contributed by atoms with Gasteiger partial charge in [0, 0.05) is 19.1 Å². The molecule has 16 heavy (non-hydrogen) atoms. The summed E-state index contributed by atoms with van der Waals surface area (Å²) in [4.78, 5) is 11.4. The average molecular weight is 221 g/mol. The van der Waals surface area contributed by atoms with Crippen LogP contribution in [-0.2, 0) is 11.3 Å². The Labute approximate surface area is 96.2 Å². The van der Waals surface area contributed by atoms with Crippen molar-refractivity contribution in [3.63, 3.8) is 0 Å². The lowest BCUT2D eigenvalue weighted by atomic mass is 10.2. The second kappa shape index (κ2) is 6.98. The number of hydrogen-bond acceptors (Lipinski definition) is 3. The van der Waals surface area contributed by atoms with E-state index in [0.717, 1.165) is 5.56 Å². The molecule has 0 spiro atoms. The quantitative estimate of drug-likeness (QED) is 0.644. The van der Waals surface area contributed by atoms with Gasteiger partial charge in [-0.15, -0.1) is 0 Å². The molecule has 0 aliphatic heterocycles. The summed E-state index contributed by atoms with van der Waals surface area (Å²) >= 11 is 0. The molecule has 1 aromatic rings. The van der Waals surface area contributed by atoms with Gasteiger partial charge in [0.2, 0.25) is 5.91 Å². The first-order valence-corrected chi connectivity index (χ1v) is 5.46. The van der Waals surface area contributed by atoms with E-state index < -0.39 is 0 Å². The highest BCUT2D eigenvalue weighted by Crippen LogP contribution is 1.96. The molecule has 0 aliphatic carbocycles. The molecule has 1 aromatic carbocycles. The van der Waals surface area contributed by atoms with E-state index in [9.17, 15) is 4.79 Å². The molecule has 0 radical (unpaired) electrons. The number of hydrogen-bond donors (Lipinski definition) is 3. The minimum Gasteiger partial charge on any atom is -0.351 e. The van der Waals surface area contributed by atoms with Crippen LogP contribution in [0.2, 0.25) is 0 Å². The van der Waals surface area contributed by atoms with Crippen LogP contribution in [0.3, 0.4) is 0 Å². The number of amides is 1. The first-order valence-electron chi connectivity index (χ1n) is 5.46. The molecule has 0 bridgehead atoms. The fourth-order valence-electron chi connectivity index (χ4n) is 1.21. The van der Waals surface area contributed by atoms with Gasteiger partial charge in [0.05, 0.1) is 6.54 Å². The Morgan fingerprint density at radius 1 is 1.38 bits per heavy atom. The van der Waals surface area contributed by atoms with Gasteiger partial charge >= 0.3 is 0 Å². The van der Waals surface area contributed by atoms with Gasteiger partial charge in [-0.3, -0.25) is 4.79 Å². The highest BCUT2D eigenvalue weighted by atomic mass is 16.1. The smallest absolute Gasteiger partial charge is 0.234 e. The van der Waals surface area contributed by atoms with E-state index in [4.69, 9.17) is 5.73 Å². The molecule has 0 saturated heterocycles. The predicted molar refractivity (Wildman–Crippen MR) is 64.8 cm³/mol. The first kappa shape index (κ1) is 12.7. The summed E-state index contributed by atoms with van der Waals surface area (Å²) in [5, 5.41) is 5.87. The summed E-state index contributed by atoms with van der Waals surface area (Å²) < 4.78 is 0. The molecule has 0 fully saturated rings. The van der Waals surface area contributed by atoms with Gasteiger partial charge in [0.25, 0.3) is 0 Å². The van der Waals surface area contributed by atoms with Crippen LogP contribution in [0, 0.1) is 0 Å². The maximum absolute atomic E-state index is 11.4. The number of benzene rings is 1. The zero-order valence-electron chi connectivity index (χ0n) is 9.57. The van der Waals surface area contributed by atoms with E-state index in [2.05, 4.69) is 10.6 Å². The predicted octanol–water partition coefficient (Wildman–Crippen LogP) is 0.240. The third-order valence-corrected chi connectivity index (χ3v) is 2.30. The van der Waals surface area contributed by atoms with Crippen molar-refractivity contribution >= 4 is 5.91 Å². The molecule has 0 heterocycles. The molecule has 0 aliphatic rings. The molecule has 4 N–H and O–H groups in total. The van der Waals surface area contributed by atoms with Gasteiger partial charge in [-0.05, 0) is 12.5 Å². The summed E-state index contributed by atoms with van der Waals surface area (Å²) in [5.74, 6) is -0.0100. The molecular formula is C12H19N3O. The van der Waals surface area contributed by atoms with Crippen molar-refractivity contribution in [3.8, 4) is 0 Å². The Morgan fingerprint density at radius 2 is 2.06 bits per heavy atom. The van der Waals surface area contributed by atoms with E-state index in [1.165, 1.54) is 0 Å². The molecule has 4 heteroatoms. The Hall–Kier alpha value is -1.39. The maximum atomic E-state index is 11.4. The van der Waals surface area contributed by atoms with Gasteiger partial charge < -0.3 is 16.4 Å². The zero-order chi connectivity index (χ0) is 11.8. The molecule has 1 rings (SSSR count). The molecular weight excluding hydrogens is 202 g/mol. The number of nitrogens with one attached hydrogen (secondary N) is 2. The molecule has 4 nitrogen and oxygen atoms in total. The Bertz CT molecular complexity index is 313. The standard InChI is InChI=1S/C12H19N3O/c1-10(7-13)14-9-12(16)15-8-11-5-3-2-4-6-11/h2-6,10,14H,7-9,13H2,1H3,(H,15,16). The van der Waals surface area contributed by atoms with Crippen molar-refractivity contribution < 1.29 is 4.79 Å². The number of carbonyl (C=O) groups excluding carboxylic acids is 1. The van der Waals surface area contributed by atoms with Crippen molar-refractivity contribution in [2.75, 3.05) is 13.1 Å². The van der Waals surface area contributed by atoms with Gasteiger partial charge in [-0.2, -0.15) is 0 Å². The minimum atomic E-state index is -0.0100. The minimum absolute atomic E-state index is 0.0100. The summed E-state index contributed by atoms with van der Waals surface area (Å²) in [6.45, 7) is 3.36. The third kappa shape index (κ3) is 4.91. The number of carbonyl (C=O) groups is 1. The van der Waals surface area contributed by atoms with Crippen LogP contribution in [0.15, 0.2) is 30.3 Å². The zero-order valence-corrected chi connectivity index (χ0v) is 9.57. The van der Waals surface area contributed by atoms with Crippen molar-refractivity contribution in [2.45, 2.75) is 19.5 Å². The van der Waals surface area contributed by atoms with E-state index in [0.29, 0.717) is 19.6 Å². The van der Waals surface area contributed by atoms with Crippen molar-refractivity contribution in [1.29, 1.82) is 0 Å². The SMILES string of the molecule is CC(CN)NCC(=O)NCc1ccccc1.